The molecule has 0 aromatic heterocycles. The van der Waals surface area contributed by atoms with Crippen LogP contribution in [0.2, 0.25) is 0 Å². The topological polar surface area (TPSA) is 46.5 Å². The Morgan fingerprint density at radius 1 is 0.931 bits per heavy atom. The van der Waals surface area contributed by atoms with Crippen LogP contribution in [0.3, 0.4) is 0 Å². The average Bonchev–Trinajstić information content (AvgIpc) is 2.77. The van der Waals surface area contributed by atoms with Crippen LogP contribution < -0.4 is 4.74 Å². The van der Waals surface area contributed by atoms with Crippen molar-refractivity contribution in [3.05, 3.63) is 102 Å². The van der Waals surface area contributed by atoms with E-state index < -0.39 is 5.97 Å². The fourth-order valence-corrected chi connectivity index (χ4v) is 3.71. The van der Waals surface area contributed by atoms with Crippen molar-refractivity contribution in [1.82, 2.24) is 0 Å². The molecule has 29 heavy (non-hydrogen) atoms. The SMILES string of the molecule is CCc1ccc(/C(=C\CSc2ccc(OCC(=O)O)cc2)c2ccccc2)cc1. The Labute approximate surface area is 176 Å². The van der Waals surface area contributed by atoms with E-state index in [9.17, 15) is 4.79 Å². The first kappa shape index (κ1) is 20.7. The largest absolute Gasteiger partial charge is 0.482 e. The molecule has 3 aromatic rings. The maximum absolute atomic E-state index is 10.6. The van der Waals surface area contributed by atoms with Gasteiger partial charge in [-0.2, -0.15) is 0 Å². The van der Waals surface area contributed by atoms with Gasteiger partial charge in [-0.3, -0.25) is 0 Å². The lowest BCUT2D eigenvalue weighted by Crippen LogP contribution is -2.09. The fraction of sp³-hybridized carbons (Fsp3) is 0.160. The van der Waals surface area contributed by atoms with Crippen molar-refractivity contribution in [1.29, 1.82) is 0 Å². The summed E-state index contributed by atoms with van der Waals surface area (Å²) in [4.78, 5) is 11.7. The number of hydrogen-bond acceptors (Lipinski definition) is 3. The zero-order valence-corrected chi connectivity index (χ0v) is 17.2. The van der Waals surface area contributed by atoms with Crippen LogP contribution in [0.25, 0.3) is 5.57 Å². The third-order valence-electron chi connectivity index (χ3n) is 4.48. The summed E-state index contributed by atoms with van der Waals surface area (Å²) in [6.07, 6.45) is 3.29. The van der Waals surface area contributed by atoms with Crippen molar-refractivity contribution in [3.8, 4) is 5.75 Å². The Hall–Kier alpha value is -2.98. The molecule has 3 aromatic carbocycles. The van der Waals surface area contributed by atoms with Crippen LogP contribution in [0.15, 0.2) is 89.8 Å². The molecule has 0 aliphatic rings. The van der Waals surface area contributed by atoms with Gasteiger partial charge in [0.05, 0.1) is 0 Å². The Balaban J connectivity index is 1.72. The van der Waals surface area contributed by atoms with Gasteiger partial charge in [-0.05, 0) is 52.9 Å². The van der Waals surface area contributed by atoms with Crippen molar-refractivity contribution in [2.75, 3.05) is 12.4 Å². The molecule has 4 heteroatoms. The van der Waals surface area contributed by atoms with Gasteiger partial charge in [0, 0.05) is 10.6 Å². The van der Waals surface area contributed by atoms with Crippen LogP contribution in [0.4, 0.5) is 0 Å². The molecule has 0 spiro atoms. The number of aliphatic carboxylic acids is 1. The maximum Gasteiger partial charge on any atom is 0.341 e. The molecule has 148 valence electrons. The second-order valence-electron chi connectivity index (χ2n) is 6.50. The van der Waals surface area contributed by atoms with Gasteiger partial charge < -0.3 is 9.84 Å². The molecule has 3 nitrogen and oxygen atoms in total. The monoisotopic (exact) mass is 404 g/mol. The van der Waals surface area contributed by atoms with Crippen LogP contribution >= 0.6 is 11.8 Å². The Morgan fingerprint density at radius 2 is 1.59 bits per heavy atom. The molecule has 0 amide bonds. The van der Waals surface area contributed by atoms with E-state index in [4.69, 9.17) is 9.84 Å². The standard InChI is InChI=1S/C25H24O3S/c1-2-19-8-10-21(11-9-19)24(20-6-4-3-5-7-20)16-17-29-23-14-12-22(13-15-23)28-18-25(26)27/h3-16H,2,17-18H2,1H3,(H,26,27)/b24-16-. The first-order valence-electron chi connectivity index (χ1n) is 9.58. The van der Waals surface area contributed by atoms with Crippen molar-refractivity contribution in [2.24, 2.45) is 0 Å². The normalized spacial score (nSPS) is 11.3. The van der Waals surface area contributed by atoms with E-state index in [-0.39, 0.29) is 6.61 Å². The number of carboxylic acid groups (broad SMARTS) is 1. The van der Waals surface area contributed by atoms with E-state index in [2.05, 4.69) is 61.5 Å². The van der Waals surface area contributed by atoms with Gasteiger partial charge in [0.25, 0.3) is 0 Å². The molecule has 0 fully saturated rings. The lowest BCUT2D eigenvalue weighted by molar-refractivity contribution is -0.139. The number of benzene rings is 3. The summed E-state index contributed by atoms with van der Waals surface area (Å²) < 4.78 is 5.18. The summed E-state index contributed by atoms with van der Waals surface area (Å²) in [6.45, 7) is 1.84. The molecule has 3 rings (SSSR count). The van der Waals surface area contributed by atoms with Gasteiger partial charge in [-0.1, -0.05) is 67.6 Å². The average molecular weight is 405 g/mol. The van der Waals surface area contributed by atoms with E-state index in [1.807, 2.05) is 18.2 Å². The smallest absolute Gasteiger partial charge is 0.341 e. The first-order valence-corrected chi connectivity index (χ1v) is 10.6. The number of rotatable bonds is 9. The highest BCUT2D eigenvalue weighted by Gasteiger charge is 2.05. The molecule has 0 aliphatic carbocycles. The molecule has 0 bridgehead atoms. The second kappa shape index (κ2) is 10.5. The number of hydrogen-bond donors (Lipinski definition) is 1. The fourth-order valence-electron chi connectivity index (χ4n) is 2.94. The van der Waals surface area contributed by atoms with Gasteiger partial charge in [0.15, 0.2) is 6.61 Å². The third-order valence-corrected chi connectivity index (χ3v) is 5.42. The predicted molar refractivity (Wildman–Crippen MR) is 120 cm³/mol. The number of carbonyl (C=O) groups is 1. The lowest BCUT2D eigenvalue weighted by atomic mass is 9.96. The summed E-state index contributed by atoms with van der Waals surface area (Å²) in [7, 11) is 0. The highest BCUT2D eigenvalue weighted by molar-refractivity contribution is 7.99. The minimum atomic E-state index is -0.978. The van der Waals surface area contributed by atoms with Gasteiger partial charge >= 0.3 is 5.97 Å². The molecule has 0 heterocycles. The van der Waals surface area contributed by atoms with Crippen molar-refractivity contribution in [3.63, 3.8) is 0 Å². The van der Waals surface area contributed by atoms with Crippen LogP contribution in [0.1, 0.15) is 23.6 Å². The Kier molecular flexibility index (Phi) is 7.54. The number of thioether (sulfide) groups is 1. The van der Waals surface area contributed by atoms with E-state index in [0.29, 0.717) is 5.75 Å². The summed E-state index contributed by atoms with van der Waals surface area (Å²) in [6, 6.07) is 26.7. The molecular formula is C25H24O3S. The minimum Gasteiger partial charge on any atom is -0.482 e. The van der Waals surface area contributed by atoms with E-state index in [1.165, 1.54) is 22.3 Å². The van der Waals surface area contributed by atoms with Gasteiger partial charge in [0.1, 0.15) is 5.75 Å². The summed E-state index contributed by atoms with van der Waals surface area (Å²) in [5.74, 6) is 0.414. The predicted octanol–water partition coefficient (Wildman–Crippen LogP) is 5.94. The van der Waals surface area contributed by atoms with E-state index in [1.54, 1.807) is 23.9 Å². The number of ether oxygens (including phenoxy) is 1. The van der Waals surface area contributed by atoms with Gasteiger partial charge in [0.2, 0.25) is 0 Å². The lowest BCUT2D eigenvalue weighted by Gasteiger charge is -2.10. The zero-order chi connectivity index (χ0) is 20.5. The molecule has 0 saturated carbocycles. The summed E-state index contributed by atoms with van der Waals surface area (Å²) >= 11 is 1.73. The molecule has 0 atom stereocenters. The molecule has 0 aliphatic heterocycles. The van der Waals surface area contributed by atoms with Crippen molar-refractivity contribution >= 4 is 23.3 Å². The summed E-state index contributed by atoms with van der Waals surface area (Å²) in [5.41, 5.74) is 4.98. The molecular weight excluding hydrogens is 380 g/mol. The Bertz CT molecular complexity index is 946. The third kappa shape index (κ3) is 6.26. The zero-order valence-electron chi connectivity index (χ0n) is 16.4. The van der Waals surface area contributed by atoms with Crippen LogP contribution in [-0.2, 0) is 11.2 Å². The van der Waals surface area contributed by atoms with Crippen molar-refractivity contribution < 1.29 is 14.6 Å². The van der Waals surface area contributed by atoms with Crippen LogP contribution in [-0.4, -0.2) is 23.4 Å². The van der Waals surface area contributed by atoms with Crippen LogP contribution in [0, 0.1) is 0 Å². The quantitative estimate of drug-likeness (QED) is 0.449. The van der Waals surface area contributed by atoms with Crippen LogP contribution in [0.5, 0.6) is 5.75 Å². The first-order chi connectivity index (χ1) is 14.2. The Morgan fingerprint density at radius 3 is 2.21 bits per heavy atom. The second-order valence-corrected chi connectivity index (χ2v) is 7.59. The number of carboxylic acids is 1. The number of aryl methyl sites for hydroxylation is 1. The van der Waals surface area contributed by atoms with E-state index >= 15 is 0 Å². The summed E-state index contributed by atoms with van der Waals surface area (Å²) in [5, 5.41) is 8.68. The highest BCUT2D eigenvalue weighted by atomic mass is 32.2. The van der Waals surface area contributed by atoms with E-state index in [0.717, 1.165) is 17.1 Å². The maximum atomic E-state index is 10.6. The molecule has 1 N–H and O–H groups in total. The van der Waals surface area contributed by atoms with Crippen molar-refractivity contribution in [2.45, 2.75) is 18.2 Å². The highest BCUT2D eigenvalue weighted by Crippen LogP contribution is 2.27. The van der Waals surface area contributed by atoms with Gasteiger partial charge in [-0.25, -0.2) is 4.79 Å². The molecule has 0 saturated heterocycles. The minimum absolute atomic E-state index is 0.327. The molecule has 0 radical (unpaired) electrons. The van der Waals surface area contributed by atoms with Gasteiger partial charge in [-0.15, -0.1) is 11.8 Å². The molecule has 0 unspecified atom stereocenters.